The Kier molecular flexibility index (Phi) is 4.85. The van der Waals surface area contributed by atoms with Crippen molar-refractivity contribution in [2.45, 2.75) is 12.5 Å². The van der Waals surface area contributed by atoms with Gasteiger partial charge < -0.3 is 5.32 Å². The minimum atomic E-state index is 0.335. The van der Waals surface area contributed by atoms with Crippen molar-refractivity contribution in [3.8, 4) is 0 Å². The maximum Gasteiger partial charge on any atom is 0.0353 e. The molecule has 0 spiro atoms. The lowest BCUT2D eigenvalue weighted by molar-refractivity contribution is 0.603. The predicted octanol–water partition coefficient (Wildman–Crippen LogP) is 4.05. The molecule has 0 saturated heterocycles. The van der Waals surface area contributed by atoms with Crippen molar-refractivity contribution < 1.29 is 0 Å². The Bertz CT molecular complexity index is 303. The third kappa shape index (κ3) is 3.23. The van der Waals surface area contributed by atoms with Crippen LogP contribution in [0.2, 0.25) is 0 Å². The van der Waals surface area contributed by atoms with Crippen molar-refractivity contribution in [2.24, 2.45) is 0 Å². The van der Waals surface area contributed by atoms with E-state index in [4.69, 9.17) is 0 Å². The lowest BCUT2D eigenvalue weighted by atomic mass is 10.0. The van der Waals surface area contributed by atoms with Crippen molar-refractivity contribution in [1.82, 2.24) is 5.32 Å². The Labute approximate surface area is 102 Å². The van der Waals surface area contributed by atoms with Crippen LogP contribution in [0.5, 0.6) is 0 Å². The molecule has 0 aliphatic rings. The fraction of sp³-hybridized carbons (Fsp3) is 0.273. The summed E-state index contributed by atoms with van der Waals surface area (Å²) in [5.74, 6) is 0. The SMILES string of the molecule is C=CCC(NC)c1cc(Br)cc(Br)c1. The lowest BCUT2D eigenvalue weighted by Gasteiger charge is -2.15. The van der Waals surface area contributed by atoms with E-state index in [0.717, 1.165) is 15.4 Å². The van der Waals surface area contributed by atoms with E-state index in [1.54, 1.807) is 0 Å². The van der Waals surface area contributed by atoms with Gasteiger partial charge in [0.25, 0.3) is 0 Å². The Hall–Kier alpha value is -0.120. The van der Waals surface area contributed by atoms with E-state index in [0.29, 0.717) is 6.04 Å². The van der Waals surface area contributed by atoms with Crippen LogP contribution in [0.25, 0.3) is 0 Å². The van der Waals surface area contributed by atoms with E-state index in [1.807, 2.05) is 19.2 Å². The van der Waals surface area contributed by atoms with Crippen LogP contribution in [0, 0.1) is 0 Å². The van der Waals surface area contributed by atoms with Gasteiger partial charge in [0.15, 0.2) is 0 Å². The summed E-state index contributed by atoms with van der Waals surface area (Å²) in [5, 5.41) is 3.26. The topological polar surface area (TPSA) is 12.0 Å². The first-order chi connectivity index (χ1) is 6.67. The molecule has 0 radical (unpaired) electrons. The molecular weight excluding hydrogens is 306 g/mol. The summed E-state index contributed by atoms with van der Waals surface area (Å²) in [4.78, 5) is 0. The summed E-state index contributed by atoms with van der Waals surface area (Å²) in [7, 11) is 1.96. The van der Waals surface area contributed by atoms with Gasteiger partial charge in [0.05, 0.1) is 0 Å². The largest absolute Gasteiger partial charge is 0.313 e. The zero-order valence-electron chi connectivity index (χ0n) is 8.06. The molecule has 0 aliphatic heterocycles. The van der Waals surface area contributed by atoms with Crippen LogP contribution in [0.15, 0.2) is 39.8 Å². The molecule has 0 amide bonds. The smallest absolute Gasteiger partial charge is 0.0353 e. The third-order valence-electron chi connectivity index (χ3n) is 2.04. The summed E-state index contributed by atoms with van der Waals surface area (Å²) < 4.78 is 2.18. The molecule has 0 fully saturated rings. The van der Waals surface area contributed by atoms with Crippen molar-refractivity contribution in [3.63, 3.8) is 0 Å². The summed E-state index contributed by atoms with van der Waals surface area (Å²) in [6.45, 7) is 3.76. The molecule has 1 aromatic carbocycles. The standard InChI is InChI=1S/C11H13Br2N/c1-3-4-11(14-2)8-5-9(12)7-10(13)6-8/h3,5-7,11,14H,1,4H2,2H3. The Morgan fingerprint density at radius 3 is 2.36 bits per heavy atom. The molecule has 14 heavy (non-hydrogen) atoms. The van der Waals surface area contributed by atoms with Gasteiger partial charge in [-0.2, -0.15) is 0 Å². The van der Waals surface area contributed by atoms with Gasteiger partial charge in [-0.05, 0) is 37.2 Å². The highest BCUT2D eigenvalue weighted by Crippen LogP contribution is 2.25. The van der Waals surface area contributed by atoms with E-state index in [-0.39, 0.29) is 0 Å². The van der Waals surface area contributed by atoms with Gasteiger partial charge in [-0.15, -0.1) is 6.58 Å². The molecule has 0 aromatic heterocycles. The second kappa shape index (κ2) is 5.69. The zero-order valence-corrected chi connectivity index (χ0v) is 11.2. The molecule has 0 heterocycles. The molecule has 76 valence electrons. The van der Waals surface area contributed by atoms with Crippen LogP contribution in [0.4, 0.5) is 0 Å². The molecule has 0 bridgehead atoms. The first kappa shape index (κ1) is 12.0. The van der Waals surface area contributed by atoms with E-state index < -0.39 is 0 Å². The molecule has 1 aromatic rings. The number of benzene rings is 1. The molecule has 1 nitrogen and oxygen atoms in total. The van der Waals surface area contributed by atoms with Gasteiger partial charge in [0.2, 0.25) is 0 Å². The van der Waals surface area contributed by atoms with Gasteiger partial charge in [0.1, 0.15) is 0 Å². The van der Waals surface area contributed by atoms with Gasteiger partial charge in [-0.3, -0.25) is 0 Å². The number of halogens is 2. The average Bonchev–Trinajstić information content (AvgIpc) is 2.12. The first-order valence-electron chi connectivity index (χ1n) is 4.41. The summed E-state index contributed by atoms with van der Waals surface area (Å²) >= 11 is 6.96. The van der Waals surface area contributed by atoms with E-state index in [9.17, 15) is 0 Å². The van der Waals surface area contributed by atoms with E-state index >= 15 is 0 Å². The summed E-state index contributed by atoms with van der Waals surface area (Å²) in [6, 6.07) is 6.61. The maximum atomic E-state index is 3.76. The van der Waals surface area contributed by atoms with Gasteiger partial charge in [-0.1, -0.05) is 37.9 Å². The Morgan fingerprint density at radius 2 is 1.93 bits per heavy atom. The molecule has 0 saturated carbocycles. The summed E-state index contributed by atoms with van der Waals surface area (Å²) in [6.07, 6.45) is 2.86. The van der Waals surface area contributed by atoms with Crippen molar-refractivity contribution in [1.29, 1.82) is 0 Å². The van der Waals surface area contributed by atoms with Crippen LogP contribution in [-0.2, 0) is 0 Å². The highest BCUT2D eigenvalue weighted by Gasteiger charge is 2.08. The first-order valence-corrected chi connectivity index (χ1v) is 6.00. The maximum absolute atomic E-state index is 3.76. The molecule has 1 atom stereocenters. The third-order valence-corrected chi connectivity index (χ3v) is 2.95. The minimum absolute atomic E-state index is 0.335. The highest BCUT2D eigenvalue weighted by atomic mass is 79.9. The van der Waals surface area contributed by atoms with E-state index in [2.05, 4.69) is 55.9 Å². The van der Waals surface area contributed by atoms with Crippen molar-refractivity contribution >= 4 is 31.9 Å². The molecule has 1 unspecified atom stereocenters. The molecular formula is C11H13Br2N. The fourth-order valence-corrected chi connectivity index (χ4v) is 2.69. The molecule has 3 heteroatoms. The van der Waals surface area contributed by atoms with Crippen LogP contribution in [0.1, 0.15) is 18.0 Å². The predicted molar refractivity (Wildman–Crippen MR) is 68.5 cm³/mol. The van der Waals surface area contributed by atoms with Gasteiger partial charge in [-0.25, -0.2) is 0 Å². The van der Waals surface area contributed by atoms with Crippen LogP contribution < -0.4 is 5.32 Å². The minimum Gasteiger partial charge on any atom is -0.313 e. The fourth-order valence-electron chi connectivity index (χ4n) is 1.36. The van der Waals surface area contributed by atoms with Crippen molar-refractivity contribution in [2.75, 3.05) is 7.05 Å². The zero-order chi connectivity index (χ0) is 10.6. The second-order valence-electron chi connectivity index (χ2n) is 3.07. The highest BCUT2D eigenvalue weighted by molar-refractivity contribution is 9.11. The Balaban J connectivity index is 2.96. The number of nitrogens with one attached hydrogen (secondary N) is 1. The average molecular weight is 319 g/mol. The lowest BCUT2D eigenvalue weighted by Crippen LogP contribution is -2.15. The number of rotatable bonds is 4. The van der Waals surface area contributed by atoms with Gasteiger partial charge >= 0.3 is 0 Å². The van der Waals surface area contributed by atoms with Crippen LogP contribution in [-0.4, -0.2) is 7.05 Å². The summed E-state index contributed by atoms with van der Waals surface area (Å²) in [5.41, 5.74) is 1.26. The van der Waals surface area contributed by atoms with Gasteiger partial charge in [0, 0.05) is 15.0 Å². The molecule has 1 N–H and O–H groups in total. The van der Waals surface area contributed by atoms with Crippen LogP contribution in [0.3, 0.4) is 0 Å². The number of hydrogen-bond acceptors (Lipinski definition) is 1. The monoisotopic (exact) mass is 317 g/mol. The number of hydrogen-bond donors (Lipinski definition) is 1. The second-order valence-corrected chi connectivity index (χ2v) is 4.90. The van der Waals surface area contributed by atoms with Crippen molar-refractivity contribution in [3.05, 3.63) is 45.4 Å². The van der Waals surface area contributed by atoms with E-state index in [1.165, 1.54) is 5.56 Å². The molecule has 1 rings (SSSR count). The normalized spacial score (nSPS) is 12.5. The Morgan fingerprint density at radius 1 is 1.36 bits per heavy atom. The van der Waals surface area contributed by atoms with Crippen LogP contribution >= 0.6 is 31.9 Å². The molecule has 0 aliphatic carbocycles. The quantitative estimate of drug-likeness (QED) is 0.826.